The summed E-state index contributed by atoms with van der Waals surface area (Å²) in [5.41, 5.74) is 7.74. The van der Waals surface area contributed by atoms with E-state index in [9.17, 15) is 4.79 Å². The molecule has 1 saturated carbocycles. The van der Waals surface area contributed by atoms with Crippen molar-refractivity contribution in [3.05, 3.63) is 94.6 Å². The van der Waals surface area contributed by atoms with Crippen LogP contribution in [0.1, 0.15) is 95.5 Å². The maximum Gasteiger partial charge on any atom is 0.338 e. The van der Waals surface area contributed by atoms with Crippen LogP contribution in [-0.2, 0) is 11.2 Å². The Morgan fingerprint density at radius 2 is 1.59 bits per heavy atom. The molecule has 206 valence electrons. The molecule has 6 rings (SSSR count). The van der Waals surface area contributed by atoms with Crippen molar-refractivity contribution in [1.29, 1.82) is 0 Å². The molecule has 0 heterocycles. The van der Waals surface area contributed by atoms with E-state index < -0.39 is 0 Å². The molecule has 0 radical (unpaired) electrons. The molecule has 6 atom stereocenters. The zero-order valence-electron chi connectivity index (χ0n) is 24.6. The quantitative estimate of drug-likeness (QED) is 0.366. The van der Waals surface area contributed by atoms with Gasteiger partial charge in [-0.2, -0.15) is 0 Å². The molecule has 0 saturated heterocycles. The largest absolute Gasteiger partial charge is 0.458 e. The fourth-order valence-electron chi connectivity index (χ4n) is 9.67. The Hall–Kier alpha value is -2.61. The van der Waals surface area contributed by atoms with E-state index >= 15 is 0 Å². The summed E-state index contributed by atoms with van der Waals surface area (Å²) < 4.78 is 6.23. The third-order valence-corrected chi connectivity index (χ3v) is 11.7. The number of hydrogen-bond donors (Lipinski definition) is 0. The lowest BCUT2D eigenvalue weighted by molar-refractivity contribution is -0.0993. The molecule has 2 heteroatoms. The minimum atomic E-state index is -0.173. The monoisotopic (exact) mass is 522 g/mol. The van der Waals surface area contributed by atoms with Crippen molar-refractivity contribution in [3.8, 4) is 0 Å². The number of benzene rings is 2. The fourth-order valence-corrected chi connectivity index (χ4v) is 9.67. The van der Waals surface area contributed by atoms with Crippen molar-refractivity contribution >= 4 is 5.97 Å². The number of fused-ring (bicyclic) bond motifs is 4. The Balaban J connectivity index is 1.23. The number of carbonyl (C=O) groups is 1. The first kappa shape index (κ1) is 26.6. The first-order chi connectivity index (χ1) is 18.6. The summed E-state index contributed by atoms with van der Waals surface area (Å²) in [5, 5.41) is 0. The van der Waals surface area contributed by atoms with Crippen LogP contribution in [0.5, 0.6) is 0 Å². The van der Waals surface area contributed by atoms with Gasteiger partial charge in [0.2, 0.25) is 0 Å². The van der Waals surface area contributed by atoms with E-state index in [1.807, 2.05) is 30.3 Å². The third kappa shape index (κ3) is 4.34. The molecule has 0 N–H and O–H groups in total. The number of carbonyl (C=O) groups excluding carboxylic acids is 1. The Bertz CT molecular complexity index is 1290. The Morgan fingerprint density at radius 3 is 2.31 bits per heavy atom. The van der Waals surface area contributed by atoms with Gasteiger partial charge in [0.1, 0.15) is 6.10 Å². The van der Waals surface area contributed by atoms with E-state index in [0.29, 0.717) is 22.8 Å². The van der Waals surface area contributed by atoms with E-state index in [2.05, 4.69) is 71.0 Å². The SMILES string of the molecule is C[C@H](Cc1ccccc1)[C@H]1CC=C2C3=C(CC[C@@]21C)[C@@]1(C)CC[C@H](OC(=O)c2ccccc2)C(C)(C)[C@@H]1CC3. The van der Waals surface area contributed by atoms with Crippen molar-refractivity contribution in [2.45, 2.75) is 92.1 Å². The zero-order valence-corrected chi connectivity index (χ0v) is 24.6. The van der Waals surface area contributed by atoms with Gasteiger partial charge in [0, 0.05) is 5.41 Å². The highest BCUT2D eigenvalue weighted by Crippen LogP contribution is 2.67. The fraction of sp³-hybridized carbons (Fsp3) is 0.541. The first-order valence-corrected chi connectivity index (χ1v) is 15.4. The molecule has 1 fully saturated rings. The van der Waals surface area contributed by atoms with E-state index in [1.54, 1.807) is 16.7 Å². The van der Waals surface area contributed by atoms with Gasteiger partial charge in [0.15, 0.2) is 0 Å². The lowest BCUT2D eigenvalue weighted by Gasteiger charge is -2.59. The predicted molar refractivity (Wildman–Crippen MR) is 159 cm³/mol. The molecule has 0 aliphatic heterocycles. The van der Waals surface area contributed by atoms with Crippen molar-refractivity contribution < 1.29 is 9.53 Å². The molecule has 2 nitrogen and oxygen atoms in total. The minimum Gasteiger partial charge on any atom is -0.458 e. The van der Waals surface area contributed by atoms with Crippen molar-refractivity contribution in [1.82, 2.24) is 0 Å². The third-order valence-electron chi connectivity index (χ3n) is 11.7. The molecule has 0 amide bonds. The molecular formula is C37H46O2. The van der Waals surface area contributed by atoms with Gasteiger partial charge in [-0.3, -0.25) is 0 Å². The standard InChI is InChI=1S/C37H46O2/c1-25(24-26-12-8-6-9-13-26)29-17-18-30-28-16-19-32-35(2,3)33(39-34(38)27-14-10-7-11-15-27)21-23-37(32,5)31(28)20-22-36(29,30)4/h6-15,18,25,29,32-33H,16-17,19-24H2,1-5H3/t25-,29-,32+,33+,36-,37-/m1/s1. The van der Waals surface area contributed by atoms with E-state index in [1.165, 1.54) is 44.1 Å². The second-order valence-corrected chi connectivity index (χ2v) is 14.1. The summed E-state index contributed by atoms with van der Waals surface area (Å²) in [6, 6.07) is 20.6. The predicted octanol–water partition coefficient (Wildman–Crippen LogP) is 9.37. The van der Waals surface area contributed by atoms with E-state index in [0.717, 1.165) is 18.8 Å². The summed E-state index contributed by atoms with van der Waals surface area (Å²) in [7, 11) is 0. The van der Waals surface area contributed by atoms with E-state index in [-0.39, 0.29) is 22.9 Å². The molecule has 2 aromatic carbocycles. The van der Waals surface area contributed by atoms with Crippen LogP contribution in [0.3, 0.4) is 0 Å². The van der Waals surface area contributed by atoms with Gasteiger partial charge < -0.3 is 4.74 Å². The molecule has 4 aliphatic carbocycles. The van der Waals surface area contributed by atoms with Gasteiger partial charge in [-0.25, -0.2) is 4.79 Å². The average molecular weight is 523 g/mol. The topological polar surface area (TPSA) is 26.3 Å². The number of esters is 1. The van der Waals surface area contributed by atoms with Gasteiger partial charge in [-0.1, -0.05) is 94.8 Å². The summed E-state index contributed by atoms with van der Waals surface area (Å²) in [4.78, 5) is 13.0. The molecular weight excluding hydrogens is 476 g/mol. The van der Waals surface area contributed by atoms with Crippen LogP contribution >= 0.6 is 0 Å². The minimum absolute atomic E-state index is 0.0341. The second-order valence-electron chi connectivity index (χ2n) is 14.1. The van der Waals surface area contributed by atoms with Crippen LogP contribution in [0.25, 0.3) is 0 Å². The molecule has 4 aliphatic rings. The van der Waals surface area contributed by atoms with Crippen molar-refractivity contribution in [2.75, 3.05) is 0 Å². The normalized spacial score (nSPS) is 33.9. The maximum atomic E-state index is 13.0. The number of ether oxygens (including phenoxy) is 1. The zero-order chi connectivity index (χ0) is 27.4. The van der Waals surface area contributed by atoms with Gasteiger partial charge in [0.25, 0.3) is 0 Å². The summed E-state index contributed by atoms with van der Waals surface area (Å²) >= 11 is 0. The first-order valence-electron chi connectivity index (χ1n) is 15.4. The lowest BCUT2D eigenvalue weighted by Crippen LogP contribution is -2.54. The molecule has 0 spiro atoms. The molecule has 0 unspecified atom stereocenters. The van der Waals surface area contributed by atoms with Gasteiger partial charge >= 0.3 is 5.97 Å². The highest BCUT2D eigenvalue weighted by atomic mass is 16.5. The molecule has 0 aromatic heterocycles. The Morgan fingerprint density at radius 1 is 0.897 bits per heavy atom. The van der Waals surface area contributed by atoms with Gasteiger partial charge in [-0.15, -0.1) is 0 Å². The van der Waals surface area contributed by atoms with E-state index in [4.69, 9.17) is 4.74 Å². The smallest absolute Gasteiger partial charge is 0.338 e. The number of rotatable bonds is 5. The second kappa shape index (κ2) is 9.79. The number of allylic oxidation sites excluding steroid dienone is 4. The summed E-state index contributed by atoms with van der Waals surface area (Å²) in [5.74, 6) is 1.75. The summed E-state index contributed by atoms with van der Waals surface area (Å²) in [6.07, 6.45) is 11.9. The highest BCUT2D eigenvalue weighted by Gasteiger charge is 2.58. The van der Waals surface area contributed by atoms with Crippen LogP contribution in [0, 0.1) is 34.0 Å². The Kier molecular flexibility index (Phi) is 6.68. The molecule has 0 bridgehead atoms. The maximum absolute atomic E-state index is 13.0. The van der Waals surface area contributed by atoms with Crippen LogP contribution in [0.4, 0.5) is 0 Å². The van der Waals surface area contributed by atoms with Gasteiger partial charge in [-0.05, 0) is 109 Å². The van der Waals surface area contributed by atoms with Crippen LogP contribution in [0.15, 0.2) is 83.5 Å². The average Bonchev–Trinajstić information content (AvgIpc) is 3.29. The van der Waals surface area contributed by atoms with Crippen LogP contribution in [-0.4, -0.2) is 12.1 Å². The van der Waals surface area contributed by atoms with Crippen LogP contribution < -0.4 is 0 Å². The van der Waals surface area contributed by atoms with Crippen LogP contribution in [0.2, 0.25) is 0 Å². The number of hydrogen-bond acceptors (Lipinski definition) is 2. The highest BCUT2D eigenvalue weighted by molar-refractivity contribution is 5.89. The van der Waals surface area contributed by atoms with Crippen molar-refractivity contribution in [3.63, 3.8) is 0 Å². The molecule has 39 heavy (non-hydrogen) atoms. The Labute approximate surface area is 235 Å². The van der Waals surface area contributed by atoms with Crippen molar-refractivity contribution in [2.24, 2.45) is 34.0 Å². The lowest BCUT2D eigenvalue weighted by atomic mass is 9.46. The van der Waals surface area contributed by atoms with Gasteiger partial charge in [0.05, 0.1) is 5.56 Å². The molecule has 2 aromatic rings. The summed E-state index contributed by atoms with van der Waals surface area (Å²) in [6.45, 7) is 12.4.